The highest BCUT2D eigenvalue weighted by Gasteiger charge is 2.26. The number of aliphatic hydroxyl groups excluding tert-OH is 2. The lowest BCUT2D eigenvalue weighted by Gasteiger charge is -2.24. The molecule has 0 aliphatic heterocycles. The lowest BCUT2D eigenvalue weighted by atomic mass is 10.1. The van der Waals surface area contributed by atoms with Gasteiger partial charge in [0.05, 0.1) is 24.2 Å². The van der Waals surface area contributed by atoms with Gasteiger partial charge in [-0.3, -0.25) is 4.99 Å². The zero-order valence-electron chi connectivity index (χ0n) is 12.3. The summed E-state index contributed by atoms with van der Waals surface area (Å²) in [6.07, 6.45) is 0.884. The van der Waals surface area contributed by atoms with Gasteiger partial charge in [0, 0.05) is 11.5 Å². The van der Waals surface area contributed by atoms with E-state index in [-0.39, 0.29) is 13.1 Å². The van der Waals surface area contributed by atoms with Crippen molar-refractivity contribution in [3.05, 3.63) is 10.4 Å². The molecule has 0 radical (unpaired) electrons. The minimum Gasteiger partial charge on any atom is -0.388 e. The number of aliphatic hydroxyl groups is 2. The van der Waals surface area contributed by atoms with Crippen molar-refractivity contribution >= 4 is 16.8 Å². The monoisotopic (exact) mass is 304 g/mol. The minimum absolute atomic E-state index is 0.0172. The molecule has 0 aromatic carbocycles. The fourth-order valence-corrected chi connectivity index (χ4v) is 2.21. The first kappa shape index (κ1) is 19.2. The van der Waals surface area contributed by atoms with Crippen molar-refractivity contribution in [3.8, 4) is 0 Å². The highest BCUT2D eigenvalue weighted by molar-refractivity contribution is 8.13. The van der Waals surface area contributed by atoms with E-state index in [1.165, 1.54) is 0 Å². The van der Waals surface area contributed by atoms with Gasteiger partial charge in [-0.05, 0) is 25.1 Å². The van der Waals surface area contributed by atoms with Crippen LogP contribution in [-0.2, 0) is 4.74 Å². The van der Waals surface area contributed by atoms with Crippen LogP contribution in [0.2, 0.25) is 0 Å². The summed E-state index contributed by atoms with van der Waals surface area (Å²) < 4.78 is 5.28. The van der Waals surface area contributed by atoms with Crippen molar-refractivity contribution in [2.75, 3.05) is 26.0 Å². The summed E-state index contributed by atoms with van der Waals surface area (Å²) in [6.45, 7) is 4.29. The molecule has 0 rings (SSSR count). The third-order valence-electron chi connectivity index (χ3n) is 2.63. The van der Waals surface area contributed by atoms with Crippen LogP contribution in [0.25, 0.3) is 10.4 Å². The maximum Gasteiger partial charge on any atom is 0.108 e. The molecule has 0 aliphatic carbocycles. The molecule has 7 nitrogen and oxygen atoms in total. The Morgan fingerprint density at radius 2 is 2.05 bits per heavy atom. The van der Waals surface area contributed by atoms with Crippen LogP contribution in [-0.4, -0.2) is 59.5 Å². The summed E-state index contributed by atoms with van der Waals surface area (Å²) in [7, 11) is 0. The summed E-state index contributed by atoms with van der Waals surface area (Å²) in [5, 5.41) is 24.3. The first-order chi connectivity index (χ1) is 9.60. The Hall–Kier alpha value is -0.790. The van der Waals surface area contributed by atoms with E-state index in [4.69, 9.17) is 10.3 Å². The molecule has 0 aliphatic rings. The Labute approximate surface area is 124 Å². The molecule has 3 atom stereocenters. The lowest BCUT2D eigenvalue weighted by Crippen LogP contribution is -2.42. The Morgan fingerprint density at radius 1 is 1.35 bits per heavy atom. The quantitative estimate of drug-likeness (QED) is 0.211. The standard InChI is InChI=1S/C12H24N4O3S/c1-4-6-11(20-3)14-7-9(17)12(18)10(19-5-2)8-15-16-13/h9-10,12,17-18H,4-8H2,1-3H3/t9-,10-,12+/m1/s1. The first-order valence-electron chi connectivity index (χ1n) is 6.66. The van der Waals surface area contributed by atoms with Crippen LogP contribution < -0.4 is 0 Å². The molecule has 0 unspecified atom stereocenters. The molecule has 116 valence electrons. The van der Waals surface area contributed by atoms with Crippen LogP contribution in [0.5, 0.6) is 0 Å². The Bertz CT molecular complexity index is 335. The second-order valence-corrected chi connectivity index (χ2v) is 5.03. The van der Waals surface area contributed by atoms with Gasteiger partial charge in [0.2, 0.25) is 0 Å². The van der Waals surface area contributed by atoms with Crippen LogP contribution >= 0.6 is 11.8 Å². The largest absolute Gasteiger partial charge is 0.388 e. The Kier molecular flexibility index (Phi) is 11.5. The highest BCUT2D eigenvalue weighted by atomic mass is 32.2. The third kappa shape index (κ3) is 7.72. The maximum atomic E-state index is 10.0. The molecule has 0 spiro atoms. The number of rotatable bonds is 10. The van der Waals surface area contributed by atoms with Gasteiger partial charge in [-0.15, -0.1) is 11.8 Å². The van der Waals surface area contributed by atoms with E-state index < -0.39 is 18.3 Å². The summed E-state index contributed by atoms with van der Waals surface area (Å²) in [5.74, 6) is 0. The van der Waals surface area contributed by atoms with E-state index in [1.54, 1.807) is 18.7 Å². The van der Waals surface area contributed by atoms with E-state index in [1.807, 2.05) is 6.26 Å². The second kappa shape index (κ2) is 12.0. The van der Waals surface area contributed by atoms with Crippen LogP contribution in [0.4, 0.5) is 0 Å². The van der Waals surface area contributed by atoms with E-state index in [9.17, 15) is 10.2 Å². The fraction of sp³-hybridized carbons (Fsp3) is 0.917. The van der Waals surface area contributed by atoms with Gasteiger partial charge >= 0.3 is 0 Å². The normalized spacial score (nSPS) is 16.4. The summed E-state index contributed by atoms with van der Waals surface area (Å²) >= 11 is 1.54. The molecular formula is C12H24N4O3S. The molecule has 2 N–H and O–H groups in total. The van der Waals surface area contributed by atoms with Gasteiger partial charge in [0.25, 0.3) is 0 Å². The maximum absolute atomic E-state index is 10.0. The number of hydrogen-bond acceptors (Lipinski definition) is 6. The van der Waals surface area contributed by atoms with Crippen LogP contribution in [0.15, 0.2) is 10.1 Å². The van der Waals surface area contributed by atoms with E-state index in [0.717, 1.165) is 17.9 Å². The topological polar surface area (TPSA) is 111 Å². The zero-order valence-corrected chi connectivity index (χ0v) is 13.1. The Balaban J connectivity index is 4.54. The van der Waals surface area contributed by atoms with Crippen molar-refractivity contribution in [2.24, 2.45) is 10.1 Å². The second-order valence-electron chi connectivity index (χ2n) is 4.15. The molecule has 0 aromatic rings. The van der Waals surface area contributed by atoms with Crippen LogP contribution in [0.1, 0.15) is 26.7 Å². The van der Waals surface area contributed by atoms with Crippen molar-refractivity contribution in [3.63, 3.8) is 0 Å². The van der Waals surface area contributed by atoms with Gasteiger partial charge in [-0.1, -0.05) is 18.5 Å². The number of ether oxygens (including phenoxy) is 1. The van der Waals surface area contributed by atoms with Gasteiger partial charge in [0.15, 0.2) is 0 Å². The van der Waals surface area contributed by atoms with Gasteiger partial charge in [-0.25, -0.2) is 0 Å². The van der Waals surface area contributed by atoms with Crippen LogP contribution in [0.3, 0.4) is 0 Å². The predicted octanol–water partition coefficient (Wildman–Crippen LogP) is 1.99. The smallest absolute Gasteiger partial charge is 0.108 e. The fourth-order valence-electron chi connectivity index (χ4n) is 1.60. The molecule has 0 aromatic heterocycles. The van der Waals surface area contributed by atoms with Gasteiger partial charge in [-0.2, -0.15) is 0 Å². The average molecular weight is 304 g/mol. The number of thioether (sulfide) groups is 1. The minimum atomic E-state index is -1.13. The molecule has 8 heteroatoms. The Morgan fingerprint density at radius 3 is 2.55 bits per heavy atom. The molecule has 0 heterocycles. The SMILES string of the molecule is CCCC(=NC[C@@H](O)[C@H](O)[C@@H](CN=[N+]=[N-])OCC)SC. The summed E-state index contributed by atoms with van der Waals surface area (Å²) in [6, 6.07) is 0. The molecule has 0 amide bonds. The number of aliphatic imine (C=N–C) groups is 1. The summed E-state index contributed by atoms with van der Waals surface area (Å²) in [5.41, 5.74) is 8.30. The average Bonchev–Trinajstić information content (AvgIpc) is 2.46. The predicted molar refractivity (Wildman–Crippen MR) is 82.2 cm³/mol. The molecule has 0 saturated heterocycles. The molecular weight excluding hydrogens is 280 g/mol. The number of azide groups is 1. The number of hydrogen-bond donors (Lipinski definition) is 2. The molecule has 0 saturated carbocycles. The van der Waals surface area contributed by atoms with Gasteiger partial charge in [0.1, 0.15) is 12.2 Å². The van der Waals surface area contributed by atoms with Gasteiger partial charge < -0.3 is 14.9 Å². The zero-order chi connectivity index (χ0) is 15.4. The molecule has 0 fully saturated rings. The first-order valence-corrected chi connectivity index (χ1v) is 7.88. The van der Waals surface area contributed by atoms with E-state index in [0.29, 0.717) is 6.61 Å². The van der Waals surface area contributed by atoms with Crippen molar-refractivity contribution in [1.82, 2.24) is 0 Å². The van der Waals surface area contributed by atoms with E-state index >= 15 is 0 Å². The lowest BCUT2D eigenvalue weighted by molar-refractivity contribution is -0.0794. The molecule has 20 heavy (non-hydrogen) atoms. The molecule has 0 bridgehead atoms. The van der Waals surface area contributed by atoms with E-state index in [2.05, 4.69) is 21.9 Å². The third-order valence-corrected chi connectivity index (χ3v) is 3.44. The van der Waals surface area contributed by atoms with Crippen LogP contribution in [0, 0.1) is 0 Å². The van der Waals surface area contributed by atoms with Crippen molar-refractivity contribution < 1.29 is 14.9 Å². The van der Waals surface area contributed by atoms with Crippen molar-refractivity contribution in [2.45, 2.75) is 45.0 Å². The highest BCUT2D eigenvalue weighted by Crippen LogP contribution is 2.10. The number of nitrogens with zero attached hydrogens (tertiary/aromatic N) is 4. The van der Waals surface area contributed by atoms with Crippen molar-refractivity contribution in [1.29, 1.82) is 0 Å². The summed E-state index contributed by atoms with van der Waals surface area (Å²) in [4.78, 5) is 6.92.